The fraction of sp³-hybridized carbons (Fsp3) is 0.435. The molecule has 154 valence electrons. The number of nitrogens with zero attached hydrogens (tertiary/aromatic N) is 1. The standard InChI is InChI=1S/C23H29N3O3/c1-27-21-11-10-16(14-22(21)29-17-6-2-3-7-17)15-25-23(24)26-19-12-13-28-20-9-5-4-8-18(19)20/h4-5,8-11,14,17,19H,2-3,6-7,12-13,15H2,1H3,(H3,24,25,26). The molecule has 0 spiro atoms. The molecule has 1 heterocycles. The first-order chi connectivity index (χ1) is 14.2. The van der Waals surface area contributed by atoms with E-state index in [0.29, 0.717) is 19.1 Å². The van der Waals surface area contributed by atoms with E-state index in [2.05, 4.69) is 16.4 Å². The summed E-state index contributed by atoms with van der Waals surface area (Å²) in [7, 11) is 1.67. The van der Waals surface area contributed by atoms with Crippen molar-refractivity contribution in [1.82, 2.24) is 5.32 Å². The van der Waals surface area contributed by atoms with Crippen LogP contribution in [-0.2, 0) is 6.54 Å². The first-order valence-corrected chi connectivity index (χ1v) is 10.3. The summed E-state index contributed by atoms with van der Waals surface area (Å²) in [6, 6.07) is 14.1. The lowest BCUT2D eigenvalue weighted by Gasteiger charge is -2.26. The Morgan fingerprint density at radius 3 is 2.79 bits per heavy atom. The van der Waals surface area contributed by atoms with Crippen LogP contribution >= 0.6 is 0 Å². The van der Waals surface area contributed by atoms with Gasteiger partial charge in [0.05, 0.1) is 32.4 Å². The number of fused-ring (bicyclic) bond motifs is 1. The van der Waals surface area contributed by atoms with Crippen molar-refractivity contribution in [3.05, 3.63) is 53.6 Å². The minimum atomic E-state index is 0.112. The molecule has 0 radical (unpaired) electrons. The molecule has 0 saturated heterocycles. The molecule has 3 N–H and O–H groups in total. The second-order valence-corrected chi connectivity index (χ2v) is 7.58. The molecule has 6 heteroatoms. The summed E-state index contributed by atoms with van der Waals surface area (Å²) in [5.74, 6) is 2.89. The lowest BCUT2D eigenvalue weighted by atomic mass is 10.0. The average Bonchev–Trinajstić information content (AvgIpc) is 3.26. The Hall–Kier alpha value is -2.89. The van der Waals surface area contributed by atoms with Gasteiger partial charge >= 0.3 is 0 Å². The predicted octanol–water partition coefficient (Wildman–Crippen LogP) is 3.94. The first kappa shape index (κ1) is 19.4. The van der Waals surface area contributed by atoms with Crippen molar-refractivity contribution in [3.63, 3.8) is 0 Å². The number of benzene rings is 2. The van der Waals surface area contributed by atoms with E-state index >= 15 is 0 Å². The smallest absolute Gasteiger partial charge is 0.189 e. The maximum Gasteiger partial charge on any atom is 0.189 e. The molecule has 1 fully saturated rings. The summed E-state index contributed by atoms with van der Waals surface area (Å²) in [6.07, 6.45) is 5.81. The number of nitrogens with two attached hydrogens (primary N) is 1. The van der Waals surface area contributed by atoms with Gasteiger partial charge in [-0.05, 0) is 49.4 Å². The van der Waals surface area contributed by atoms with Crippen LogP contribution in [0.15, 0.2) is 47.5 Å². The fourth-order valence-electron chi connectivity index (χ4n) is 3.99. The predicted molar refractivity (Wildman–Crippen MR) is 114 cm³/mol. The van der Waals surface area contributed by atoms with Crippen molar-refractivity contribution >= 4 is 5.96 Å². The van der Waals surface area contributed by atoms with Crippen molar-refractivity contribution in [3.8, 4) is 17.2 Å². The molecule has 1 aliphatic carbocycles. The van der Waals surface area contributed by atoms with Gasteiger partial charge in [0, 0.05) is 12.0 Å². The van der Waals surface area contributed by atoms with Gasteiger partial charge in [0.1, 0.15) is 5.75 Å². The highest BCUT2D eigenvalue weighted by Gasteiger charge is 2.21. The summed E-state index contributed by atoms with van der Waals surface area (Å²) in [5.41, 5.74) is 8.33. The van der Waals surface area contributed by atoms with Crippen molar-refractivity contribution in [2.24, 2.45) is 10.7 Å². The number of guanidine groups is 1. The van der Waals surface area contributed by atoms with Crippen LogP contribution in [0.1, 0.15) is 49.3 Å². The topological polar surface area (TPSA) is 78.1 Å². The molecular formula is C23H29N3O3. The highest BCUT2D eigenvalue weighted by molar-refractivity contribution is 5.78. The molecule has 0 amide bonds. The van der Waals surface area contributed by atoms with Crippen LogP contribution in [0.4, 0.5) is 0 Å². The van der Waals surface area contributed by atoms with Gasteiger partial charge in [0.25, 0.3) is 0 Å². The van der Waals surface area contributed by atoms with E-state index < -0.39 is 0 Å². The Balaban J connectivity index is 1.42. The van der Waals surface area contributed by atoms with Crippen LogP contribution in [0.25, 0.3) is 0 Å². The van der Waals surface area contributed by atoms with Gasteiger partial charge in [-0.25, -0.2) is 4.99 Å². The maximum absolute atomic E-state index is 6.18. The molecule has 29 heavy (non-hydrogen) atoms. The summed E-state index contributed by atoms with van der Waals surface area (Å²) in [5, 5.41) is 3.33. The van der Waals surface area contributed by atoms with E-state index in [0.717, 1.165) is 47.6 Å². The van der Waals surface area contributed by atoms with E-state index in [4.69, 9.17) is 19.9 Å². The van der Waals surface area contributed by atoms with Crippen molar-refractivity contribution in [2.75, 3.05) is 13.7 Å². The minimum absolute atomic E-state index is 0.112. The zero-order valence-electron chi connectivity index (χ0n) is 16.9. The van der Waals surface area contributed by atoms with Crippen molar-refractivity contribution < 1.29 is 14.2 Å². The molecule has 1 atom stereocenters. The number of para-hydroxylation sites is 1. The maximum atomic E-state index is 6.18. The molecular weight excluding hydrogens is 366 g/mol. The lowest BCUT2D eigenvalue weighted by Crippen LogP contribution is -2.37. The Labute approximate surface area is 172 Å². The minimum Gasteiger partial charge on any atom is -0.493 e. The van der Waals surface area contributed by atoms with E-state index in [1.165, 1.54) is 12.8 Å². The molecule has 0 aromatic heterocycles. The number of hydrogen-bond donors (Lipinski definition) is 2. The van der Waals surface area contributed by atoms with Crippen LogP contribution in [0.2, 0.25) is 0 Å². The largest absolute Gasteiger partial charge is 0.493 e. The number of methoxy groups -OCH3 is 1. The highest BCUT2D eigenvalue weighted by Crippen LogP contribution is 2.33. The fourth-order valence-corrected chi connectivity index (χ4v) is 3.99. The van der Waals surface area contributed by atoms with Gasteiger partial charge in [-0.1, -0.05) is 24.3 Å². The third-order valence-electron chi connectivity index (χ3n) is 5.54. The number of aliphatic imine (C=N–C) groups is 1. The van der Waals surface area contributed by atoms with Gasteiger partial charge < -0.3 is 25.3 Å². The quantitative estimate of drug-likeness (QED) is 0.572. The van der Waals surface area contributed by atoms with E-state index in [1.807, 2.05) is 36.4 Å². The van der Waals surface area contributed by atoms with Gasteiger partial charge in [-0.2, -0.15) is 0 Å². The molecule has 1 saturated carbocycles. The Kier molecular flexibility index (Phi) is 6.08. The molecule has 2 aromatic carbocycles. The number of nitrogens with one attached hydrogen (secondary N) is 1. The third-order valence-corrected chi connectivity index (χ3v) is 5.54. The second-order valence-electron chi connectivity index (χ2n) is 7.58. The van der Waals surface area contributed by atoms with Crippen molar-refractivity contribution in [2.45, 2.75) is 50.8 Å². The Bertz CT molecular complexity index is 862. The molecule has 4 rings (SSSR count). The normalized spacial score (nSPS) is 19.3. The monoisotopic (exact) mass is 395 g/mol. The number of ether oxygens (including phenoxy) is 3. The second kappa shape index (κ2) is 9.07. The molecule has 2 aromatic rings. The van der Waals surface area contributed by atoms with E-state index in [9.17, 15) is 0 Å². The van der Waals surface area contributed by atoms with E-state index in [-0.39, 0.29) is 12.1 Å². The van der Waals surface area contributed by atoms with Crippen LogP contribution in [0.5, 0.6) is 17.2 Å². The van der Waals surface area contributed by atoms with Gasteiger partial charge in [0.15, 0.2) is 17.5 Å². The van der Waals surface area contributed by atoms with Crippen LogP contribution in [-0.4, -0.2) is 25.8 Å². The van der Waals surface area contributed by atoms with Crippen LogP contribution < -0.4 is 25.3 Å². The van der Waals surface area contributed by atoms with Crippen molar-refractivity contribution in [1.29, 1.82) is 0 Å². The van der Waals surface area contributed by atoms with Gasteiger partial charge in [0.2, 0.25) is 0 Å². The molecule has 0 bridgehead atoms. The summed E-state index contributed by atoms with van der Waals surface area (Å²) < 4.78 is 17.3. The van der Waals surface area contributed by atoms with Crippen LogP contribution in [0.3, 0.4) is 0 Å². The summed E-state index contributed by atoms with van der Waals surface area (Å²) >= 11 is 0. The zero-order chi connectivity index (χ0) is 20.1. The SMILES string of the molecule is COc1ccc(CN=C(N)NC2CCOc3ccccc32)cc1OC1CCCC1. The van der Waals surface area contributed by atoms with E-state index in [1.54, 1.807) is 7.11 Å². The third kappa shape index (κ3) is 4.75. The molecule has 6 nitrogen and oxygen atoms in total. The number of rotatable bonds is 6. The molecule has 2 aliphatic rings. The van der Waals surface area contributed by atoms with Gasteiger partial charge in [-0.3, -0.25) is 0 Å². The highest BCUT2D eigenvalue weighted by atomic mass is 16.5. The van der Waals surface area contributed by atoms with Gasteiger partial charge in [-0.15, -0.1) is 0 Å². The zero-order valence-corrected chi connectivity index (χ0v) is 16.9. The Morgan fingerprint density at radius 2 is 1.97 bits per heavy atom. The first-order valence-electron chi connectivity index (χ1n) is 10.3. The molecule has 1 unspecified atom stereocenters. The number of hydrogen-bond acceptors (Lipinski definition) is 4. The summed E-state index contributed by atoms with van der Waals surface area (Å²) in [4.78, 5) is 4.54. The summed E-state index contributed by atoms with van der Waals surface area (Å²) in [6.45, 7) is 1.15. The lowest BCUT2D eigenvalue weighted by molar-refractivity contribution is 0.200. The van der Waals surface area contributed by atoms with Crippen LogP contribution in [0, 0.1) is 0 Å². The Morgan fingerprint density at radius 1 is 1.14 bits per heavy atom. The molecule has 1 aliphatic heterocycles. The average molecular weight is 396 g/mol.